The Labute approximate surface area is 106 Å². The van der Waals surface area contributed by atoms with Gasteiger partial charge in [-0.25, -0.2) is 0 Å². The first kappa shape index (κ1) is 12.1. The smallest absolute Gasteiger partial charge is 0.308 e. The van der Waals surface area contributed by atoms with E-state index < -0.39 is 11.9 Å². The van der Waals surface area contributed by atoms with Gasteiger partial charge in [0.15, 0.2) is 5.78 Å². The Morgan fingerprint density at radius 3 is 2.33 bits per heavy atom. The van der Waals surface area contributed by atoms with Crippen molar-refractivity contribution in [3.8, 4) is 0 Å². The predicted molar refractivity (Wildman–Crippen MR) is 65.1 cm³/mol. The molecule has 0 aromatic carbocycles. The molecule has 3 N–H and O–H groups in total. The first-order valence-corrected chi connectivity index (χ1v) is 6.59. The van der Waals surface area contributed by atoms with E-state index >= 15 is 0 Å². The standard InChI is InChI=1S/C13H20N2O3/c1-12(2)3-7(12)9(16)10-13(6-15-10)5-14-4-8(13)11(17)18/h7-8,10,14-15H,3-6H2,1-2H3,(H,17,18). The number of ketones is 1. The lowest BCUT2D eigenvalue weighted by atomic mass is 9.64. The molecule has 0 bridgehead atoms. The molecule has 2 saturated heterocycles. The largest absolute Gasteiger partial charge is 0.481 e. The highest BCUT2D eigenvalue weighted by atomic mass is 16.4. The fourth-order valence-corrected chi connectivity index (χ4v) is 3.60. The van der Waals surface area contributed by atoms with Gasteiger partial charge in [-0.3, -0.25) is 9.59 Å². The van der Waals surface area contributed by atoms with Crippen molar-refractivity contribution in [1.82, 2.24) is 10.6 Å². The molecule has 1 saturated carbocycles. The van der Waals surface area contributed by atoms with E-state index in [0.717, 1.165) is 6.42 Å². The minimum atomic E-state index is -0.783. The number of aliphatic carboxylic acids is 1. The van der Waals surface area contributed by atoms with Crippen LogP contribution in [0.15, 0.2) is 0 Å². The van der Waals surface area contributed by atoms with Gasteiger partial charge in [0, 0.05) is 31.0 Å². The maximum atomic E-state index is 12.4. The molecule has 0 aromatic rings. The molecule has 1 spiro atoms. The number of rotatable bonds is 3. The van der Waals surface area contributed by atoms with Crippen LogP contribution in [0, 0.1) is 22.7 Å². The fraction of sp³-hybridized carbons (Fsp3) is 0.846. The summed E-state index contributed by atoms with van der Waals surface area (Å²) in [5, 5.41) is 15.6. The Morgan fingerprint density at radius 1 is 1.22 bits per heavy atom. The number of nitrogens with one attached hydrogen (secondary N) is 2. The van der Waals surface area contributed by atoms with Gasteiger partial charge < -0.3 is 15.7 Å². The van der Waals surface area contributed by atoms with E-state index in [0.29, 0.717) is 19.6 Å². The van der Waals surface area contributed by atoms with Crippen LogP contribution in [-0.4, -0.2) is 42.5 Å². The van der Waals surface area contributed by atoms with Crippen LogP contribution in [-0.2, 0) is 9.59 Å². The Morgan fingerprint density at radius 2 is 1.89 bits per heavy atom. The summed E-state index contributed by atoms with van der Waals surface area (Å²) in [4.78, 5) is 23.8. The van der Waals surface area contributed by atoms with Crippen molar-refractivity contribution < 1.29 is 14.7 Å². The van der Waals surface area contributed by atoms with Gasteiger partial charge >= 0.3 is 5.97 Å². The van der Waals surface area contributed by atoms with Crippen LogP contribution >= 0.6 is 0 Å². The molecule has 2 aliphatic heterocycles. The Kier molecular flexibility index (Phi) is 2.38. The van der Waals surface area contributed by atoms with Crippen LogP contribution in [0.2, 0.25) is 0 Å². The SMILES string of the molecule is CC1(C)CC1C(=O)C1NCC12CNCC2C(=O)O. The summed E-state index contributed by atoms with van der Waals surface area (Å²) >= 11 is 0. The van der Waals surface area contributed by atoms with Crippen LogP contribution in [0.5, 0.6) is 0 Å². The lowest BCUT2D eigenvalue weighted by molar-refractivity contribution is -0.150. The average molecular weight is 252 g/mol. The normalized spacial score (nSPS) is 44.7. The van der Waals surface area contributed by atoms with E-state index in [1.165, 1.54) is 0 Å². The van der Waals surface area contributed by atoms with Gasteiger partial charge in [0.1, 0.15) is 0 Å². The van der Waals surface area contributed by atoms with Crippen molar-refractivity contribution in [3.63, 3.8) is 0 Å². The summed E-state index contributed by atoms with van der Waals surface area (Å²) in [5.74, 6) is -0.882. The molecule has 5 heteroatoms. The van der Waals surface area contributed by atoms with E-state index in [9.17, 15) is 14.7 Å². The molecule has 0 aromatic heterocycles. The highest BCUT2D eigenvalue weighted by molar-refractivity contribution is 5.92. The van der Waals surface area contributed by atoms with Gasteiger partial charge in [-0.1, -0.05) is 13.8 Å². The number of carbonyl (C=O) groups excluding carboxylic acids is 1. The van der Waals surface area contributed by atoms with E-state index in [1.807, 2.05) is 0 Å². The zero-order chi connectivity index (χ0) is 13.1. The number of hydrogen-bond donors (Lipinski definition) is 3. The van der Waals surface area contributed by atoms with E-state index in [4.69, 9.17) is 0 Å². The third-order valence-corrected chi connectivity index (χ3v) is 5.15. The van der Waals surface area contributed by atoms with Crippen molar-refractivity contribution in [2.75, 3.05) is 19.6 Å². The summed E-state index contributed by atoms with van der Waals surface area (Å²) in [6.45, 7) is 5.96. The summed E-state index contributed by atoms with van der Waals surface area (Å²) in [6.07, 6.45) is 0.936. The molecular formula is C13H20N2O3. The van der Waals surface area contributed by atoms with Gasteiger partial charge in [-0.2, -0.15) is 0 Å². The van der Waals surface area contributed by atoms with E-state index in [-0.39, 0.29) is 28.6 Å². The topological polar surface area (TPSA) is 78.4 Å². The van der Waals surface area contributed by atoms with Crippen LogP contribution in [0.3, 0.4) is 0 Å². The van der Waals surface area contributed by atoms with Crippen molar-refractivity contribution in [1.29, 1.82) is 0 Å². The molecule has 3 rings (SSSR count). The number of hydrogen-bond acceptors (Lipinski definition) is 4. The quantitative estimate of drug-likeness (QED) is 0.652. The number of Topliss-reactive ketones (excluding diaryl/α,β-unsaturated/α-hetero) is 1. The summed E-state index contributed by atoms with van der Waals surface area (Å²) in [5.41, 5.74) is -0.276. The molecular weight excluding hydrogens is 232 g/mol. The molecule has 2 heterocycles. The second-order valence-electron chi connectivity index (χ2n) is 6.72. The molecule has 100 valence electrons. The van der Waals surface area contributed by atoms with Crippen LogP contribution in [0.1, 0.15) is 20.3 Å². The van der Waals surface area contributed by atoms with Gasteiger partial charge in [-0.15, -0.1) is 0 Å². The lowest BCUT2D eigenvalue weighted by Crippen LogP contribution is -2.70. The van der Waals surface area contributed by atoms with Crippen molar-refractivity contribution in [2.24, 2.45) is 22.7 Å². The number of carbonyl (C=O) groups is 2. The van der Waals surface area contributed by atoms with Crippen molar-refractivity contribution >= 4 is 11.8 Å². The van der Waals surface area contributed by atoms with E-state index in [2.05, 4.69) is 24.5 Å². The van der Waals surface area contributed by atoms with Gasteiger partial charge in [0.05, 0.1) is 12.0 Å². The third kappa shape index (κ3) is 1.47. The fourth-order valence-electron chi connectivity index (χ4n) is 3.60. The number of carboxylic acid groups (broad SMARTS) is 1. The average Bonchev–Trinajstić information content (AvgIpc) is 2.75. The summed E-state index contributed by atoms with van der Waals surface area (Å²) in [6, 6.07) is -0.264. The molecule has 4 unspecified atom stereocenters. The van der Waals surface area contributed by atoms with Crippen LogP contribution in [0.25, 0.3) is 0 Å². The molecule has 0 amide bonds. The molecule has 18 heavy (non-hydrogen) atoms. The van der Waals surface area contributed by atoms with Crippen LogP contribution in [0.4, 0.5) is 0 Å². The Balaban J connectivity index is 1.79. The maximum absolute atomic E-state index is 12.4. The zero-order valence-corrected chi connectivity index (χ0v) is 10.8. The summed E-state index contributed by atoms with van der Waals surface area (Å²) < 4.78 is 0. The highest BCUT2D eigenvalue weighted by Crippen LogP contribution is 2.55. The van der Waals surface area contributed by atoms with Gasteiger partial charge in [0.25, 0.3) is 0 Å². The molecule has 3 aliphatic rings. The molecule has 1 aliphatic carbocycles. The van der Waals surface area contributed by atoms with Gasteiger partial charge in [0.2, 0.25) is 0 Å². The van der Waals surface area contributed by atoms with Crippen molar-refractivity contribution in [2.45, 2.75) is 26.3 Å². The van der Waals surface area contributed by atoms with Gasteiger partial charge in [-0.05, 0) is 11.8 Å². The zero-order valence-electron chi connectivity index (χ0n) is 10.8. The van der Waals surface area contributed by atoms with Crippen molar-refractivity contribution in [3.05, 3.63) is 0 Å². The third-order valence-electron chi connectivity index (χ3n) is 5.15. The predicted octanol–water partition coefficient (Wildman–Crippen LogP) is -0.136. The minimum Gasteiger partial charge on any atom is -0.481 e. The second-order valence-corrected chi connectivity index (χ2v) is 6.72. The molecule has 4 atom stereocenters. The van der Waals surface area contributed by atoms with E-state index in [1.54, 1.807) is 0 Å². The monoisotopic (exact) mass is 252 g/mol. The molecule has 5 nitrogen and oxygen atoms in total. The number of carboxylic acids is 1. The minimum absolute atomic E-state index is 0.111. The first-order chi connectivity index (χ1) is 8.38. The molecule has 3 fully saturated rings. The Hall–Kier alpha value is -0.940. The first-order valence-electron chi connectivity index (χ1n) is 6.59. The second kappa shape index (κ2) is 3.54. The maximum Gasteiger partial charge on any atom is 0.308 e. The lowest BCUT2D eigenvalue weighted by Gasteiger charge is -2.49. The molecule has 0 radical (unpaired) electrons. The highest BCUT2D eigenvalue weighted by Gasteiger charge is 2.63. The Bertz CT molecular complexity index is 420. The van der Waals surface area contributed by atoms with Crippen LogP contribution < -0.4 is 10.6 Å². The summed E-state index contributed by atoms with van der Waals surface area (Å²) in [7, 11) is 0.